The van der Waals surface area contributed by atoms with E-state index in [-0.39, 0.29) is 11.9 Å². The Morgan fingerprint density at radius 2 is 1.67 bits per heavy atom. The molecule has 1 N–H and O–H groups in total. The highest BCUT2D eigenvalue weighted by Crippen LogP contribution is 2.20. The number of anilines is 2. The molecule has 1 unspecified atom stereocenters. The lowest BCUT2D eigenvalue weighted by Gasteiger charge is -2.12. The molecule has 0 heterocycles. The van der Waals surface area contributed by atoms with E-state index in [1.54, 1.807) is 6.92 Å². The molecule has 110 valence electrons. The van der Waals surface area contributed by atoms with Crippen LogP contribution in [0.4, 0.5) is 11.4 Å². The molecular formula is C17H19NO3. The summed E-state index contributed by atoms with van der Waals surface area (Å²) in [6, 6.07) is 17.6. The number of esters is 1. The summed E-state index contributed by atoms with van der Waals surface area (Å²) in [7, 11) is 1.38. The second-order valence-corrected chi connectivity index (χ2v) is 4.75. The van der Waals surface area contributed by atoms with Crippen LogP contribution >= 0.6 is 0 Å². The van der Waals surface area contributed by atoms with Gasteiger partial charge in [0.1, 0.15) is 12.4 Å². The van der Waals surface area contributed by atoms with Crippen LogP contribution in [0.3, 0.4) is 0 Å². The lowest BCUT2D eigenvalue weighted by molar-refractivity contribution is -0.145. The molecule has 0 saturated heterocycles. The largest absolute Gasteiger partial charge is 0.493 e. The Balaban J connectivity index is 1.89. The molecule has 0 aliphatic carbocycles. The highest BCUT2D eigenvalue weighted by Gasteiger charge is 2.13. The van der Waals surface area contributed by atoms with Gasteiger partial charge in [-0.3, -0.25) is 4.79 Å². The average molecular weight is 285 g/mol. The number of carbonyl (C=O) groups is 1. The number of para-hydroxylation sites is 1. The van der Waals surface area contributed by atoms with E-state index in [0.29, 0.717) is 6.61 Å². The van der Waals surface area contributed by atoms with Gasteiger partial charge in [-0.25, -0.2) is 0 Å². The number of carbonyl (C=O) groups excluding carboxylic acids is 1. The highest BCUT2D eigenvalue weighted by atomic mass is 16.5. The van der Waals surface area contributed by atoms with E-state index in [1.807, 2.05) is 54.6 Å². The monoisotopic (exact) mass is 285 g/mol. The second kappa shape index (κ2) is 7.33. The van der Waals surface area contributed by atoms with Crippen LogP contribution in [0.5, 0.6) is 5.75 Å². The van der Waals surface area contributed by atoms with Crippen molar-refractivity contribution >= 4 is 17.3 Å². The van der Waals surface area contributed by atoms with Crippen molar-refractivity contribution < 1.29 is 14.3 Å². The first kappa shape index (κ1) is 14.9. The maximum absolute atomic E-state index is 11.3. The van der Waals surface area contributed by atoms with Crippen molar-refractivity contribution in [1.82, 2.24) is 0 Å². The van der Waals surface area contributed by atoms with Gasteiger partial charge in [0.25, 0.3) is 0 Å². The Morgan fingerprint density at radius 1 is 1.05 bits per heavy atom. The van der Waals surface area contributed by atoms with Crippen molar-refractivity contribution in [3.8, 4) is 5.75 Å². The van der Waals surface area contributed by atoms with E-state index >= 15 is 0 Å². The minimum atomic E-state index is -0.280. The van der Waals surface area contributed by atoms with E-state index < -0.39 is 0 Å². The maximum Gasteiger partial charge on any atom is 0.311 e. The number of nitrogens with one attached hydrogen (secondary N) is 1. The van der Waals surface area contributed by atoms with Crippen molar-refractivity contribution in [2.24, 2.45) is 5.92 Å². The van der Waals surface area contributed by atoms with E-state index in [9.17, 15) is 4.79 Å². The quantitative estimate of drug-likeness (QED) is 0.823. The summed E-state index contributed by atoms with van der Waals surface area (Å²) in [5.41, 5.74) is 2.01. The van der Waals surface area contributed by atoms with Gasteiger partial charge >= 0.3 is 5.97 Å². The first-order chi connectivity index (χ1) is 10.2. The first-order valence-electron chi connectivity index (χ1n) is 6.82. The van der Waals surface area contributed by atoms with Crippen LogP contribution in [0.15, 0.2) is 54.6 Å². The minimum absolute atomic E-state index is 0.266. The fraction of sp³-hybridized carbons (Fsp3) is 0.235. The Morgan fingerprint density at radius 3 is 2.29 bits per heavy atom. The molecule has 0 aliphatic rings. The number of methoxy groups -OCH3 is 1. The van der Waals surface area contributed by atoms with Gasteiger partial charge in [-0.2, -0.15) is 0 Å². The average Bonchev–Trinajstić information content (AvgIpc) is 2.54. The molecule has 1 atom stereocenters. The topological polar surface area (TPSA) is 47.6 Å². The van der Waals surface area contributed by atoms with Gasteiger partial charge in [-0.1, -0.05) is 18.2 Å². The number of hydrogen-bond acceptors (Lipinski definition) is 4. The van der Waals surface area contributed by atoms with Crippen LogP contribution < -0.4 is 10.1 Å². The lowest BCUT2D eigenvalue weighted by atomic mass is 10.2. The molecule has 0 saturated carbocycles. The molecule has 21 heavy (non-hydrogen) atoms. The summed E-state index contributed by atoms with van der Waals surface area (Å²) >= 11 is 0. The van der Waals surface area contributed by atoms with Gasteiger partial charge < -0.3 is 14.8 Å². The summed E-state index contributed by atoms with van der Waals surface area (Å²) < 4.78 is 10.2. The molecule has 0 aromatic heterocycles. The molecule has 0 bridgehead atoms. The van der Waals surface area contributed by atoms with E-state index in [0.717, 1.165) is 17.1 Å². The Labute approximate surface area is 124 Å². The van der Waals surface area contributed by atoms with Crippen LogP contribution in [-0.4, -0.2) is 19.7 Å². The molecular weight excluding hydrogens is 266 g/mol. The summed E-state index contributed by atoms with van der Waals surface area (Å²) in [4.78, 5) is 11.3. The van der Waals surface area contributed by atoms with Crippen molar-refractivity contribution in [2.75, 3.05) is 19.0 Å². The van der Waals surface area contributed by atoms with Crippen molar-refractivity contribution in [3.05, 3.63) is 54.6 Å². The molecule has 0 spiro atoms. The zero-order chi connectivity index (χ0) is 15.1. The van der Waals surface area contributed by atoms with Gasteiger partial charge in [-0.05, 0) is 43.3 Å². The zero-order valence-electron chi connectivity index (χ0n) is 12.2. The fourth-order valence-electron chi connectivity index (χ4n) is 1.81. The van der Waals surface area contributed by atoms with Crippen molar-refractivity contribution in [3.63, 3.8) is 0 Å². The Bertz CT molecular complexity index is 566. The second-order valence-electron chi connectivity index (χ2n) is 4.75. The smallest absolute Gasteiger partial charge is 0.311 e. The van der Waals surface area contributed by atoms with Crippen molar-refractivity contribution in [1.29, 1.82) is 0 Å². The Kier molecular flexibility index (Phi) is 5.21. The Hall–Kier alpha value is -2.49. The van der Waals surface area contributed by atoms with Crippen LogP contribution in [-0.2, 0) is 9.53 Å². The number of ether oxygens (including phenoxy) is 2. The van der Waals surface area contributed by atoms with Gasteiger partial charge in [0.2, 0.25) is 0 Å². The molecule has 0 amide bonds. The van der Waals surface area contributed by atoms with Gasteiger partial charge in [0.15, 0.2) is 0 Å². The number of hydrogen-bond donors (Lipinski definition) is 1. The third-order valence-corrected chi connectivity index (χ3v) is 3.02. The molecule has 0 aliphatic heterocycles. The molecule has 0 radical (unpaired) electrons. The zero-order valence-corrected chi connectivity index (χ0v) is 12.2. The van der Waals surface area contributed by atoms with Crippen LogP contribution in [0, 0.1) is 5.92 Å². The third kappa shape index (κ3) is 4.53. The third-order valence-electron chi connectivity index (χ3n) is 3.02. The molecule has 2 rings (SSSR count). The normalized spacial score (nSPS) is 11.5. The minimum Gasteiger partial charge on any atom is -0.493 e. The molecule has 0 fully saturated rings. The SMILES string of the molecule is COC(=O)C(C)COc1ccc(Nc2ccccc2)cc1. The van der Waals surface area contributed by atoms with Crippen LogP contribution in [0.2, 0.25) is 0 Å². The predicted octanol–water partition coefficient (Wildman–Crippen LogP) is 3.62. The van der Waals surface area contributed by atoms with Gasteiger partial charge in [0, 0.05) is 11.4 Å². The van der Waals surface area contributed by atoms with E-state index in [1.165, 1.54) is 7.11 Å². The summed E-state index contributed by atoms with van der Waals surface area (Å²) in [6.07, 6.45) is 0. The van der Waals surface area contributed by atoms with Gasteiger partial charge in [0.05, 0.1) is 13.0 Å². The van der Waals surface area contributed by atoms with Crippen molar-refractivity contribution in [2.45, 2.75) is 6.92 Å². The fourth-order valence-corrected chi connectivity index (χ4v) is 1.81. The van der Waals surface area contributed by atoms with E-state index in [4.69, 9.17) is 4.74 Å². The number of rotatable bonds is 6. The van der Waals surface area contributed by atoms with Crippen LogP contribution in [0.1, 0.15) is 6.92 Å². The molecule has 4 nitrogen and oxygen atoms in total. The number of benzene rings is 2. The maximum atomic E-state index is 11.3. The standard InChI is InChI=1S/C17H19NO3/c1-13(17(19)20-2)12-21-16-10-8-15(9-11-16)18-14-6-4-3-5-7-14/h3-11,13,18H,12H2,1-2H3. The summed E-state index contributed by atoms with van der Waals surface area (Å²) in [6.45, 7) is 2.08. The predicted molar refractivity (Wildman–Crippen MR) is 82.8 cm³/mol. The van der Waals surface area contributed by atoms with Gasteiger partial charge in [-0.15, -0.1) is 0 Å². The first-order valence-corrected chi connectivity index (χ1v) is 6.82. The summed E-state index contributed by atoms with van der Waals surface area (Å²) in [5.74, 6) is 0.179. The molecule has 2 aromatic carbocycles. The van der Waals surface area contributed by atoms with Crippen LogP contribution in [0.25, 0.3) is 0 Å². The summed E-state index contributed by atoms with van der Waals surface area (Å²) in [5, 5.41) is 3.29. The highest BCUT2D eigenvalue weighted by molar-refractivity contribution is 5.71. The lowest BCUT2D eigenvalue weighted by Crippen LogP contribution is -2.19. The molecule has 4 heteroatoms. The van der Waals surface area contributed by atoms with E-state index in [2.05, 4.69) is 10.1 Å². The molecule has 2 aromatic rings.